The van der Waals surface area contributed by atoms with Crippen molar-refractivity contribution in [2.24, 2.45) is 0 Å². The van der Waals surface area contributed by atoms with E-state index in [1.54, 1.807) is 35.0 Å². The molecule has 0 radical (unpaired) electrons. The molecule has 0 spiro atoms. The standard InChI is InChI=1S/C30H25ClN6O2/c1-3-21(25-17-23(31)12-14-28(25)37-18-32-35-36-37)10-9-19(2)24(15-20-7-5-4-6-8-20)29-33-26-13-11-22(30(38)39)16-27(26)34-29/h3-14,16-18,24H,1,15H2,2H3,(H,33,34)(H,38,39)/b19-9+,21-10+/t24-/m0/s1. The van der Waals surface area contributed by atoms with Crippen LogP contribution < -0.4 is 0 Å². The summed E-state index contributed by atoms with van der Waals surface area (Å²) in [6, 6.07) is 20.6. The summed E-state index contributed by atoms with van der Waals surface area (Å²) in [4.78, 5) is 19.7. The molecule has 0 amide bonds. The van der Waals surface area contributed by atoms with Crippen LogP contribution in [0.25, 0.3) is 22.3 Å². The van der Waals surface area contributed by atoms with Gasteiger partial charge in [-0.05, 0) is 71.3 Å². The molecule has 0 aliphatic rings. The first-order valence-electron chi connectivity index (χ1n) is 12.2. The lowest BCUT2D eigenvalue weighted by Gasteiger charge is -2.16. The lowest BCUT2D eigenvalue weighted by atomic mass is 9.91. The molecule has 3 aromatic carbocycles. The largest absolute Gasteiger partial charge is 0.478 e. The molecule has 8 nitrogen and oxygen atoms in total. The number of aromatic amines is 1. The second-order valence-electron chi connectivity index (χ2n) is 9.05. The minimum Gasteiger partial charge on any atom is -0.478 e. The number of benzene rings is 3. The average Bonchev–Trinajstić information content (AvgIpc) is 3.62. The van der Waals surface area contributed by atoms with Gasteiger partial charge in [0.15, 0.2) is 0 Å². The highest BCUT2D eigenvalue weighted by Crippen LogP contribution is 2.31. The zero-order valence-electron chi connectivity index (χ0n) is 21.1. The van der Waals surface area contributed by atoms with Gasteiger partial charge in [0.2, 0.25) is 0 Å². The van der Waals surface area contributed by atoms with Gasteiger partial charge in [0.05, 0.1) is 22.3 Å². The van der Waals surface area contributed by atoms with Crippen LogP contribution in [0.15, 0.2) is 103 Å². The Morgan fingerprint density at radius 2 is 1.95 bits per heavy atom. The Morgan fingerprint density at radius 1 is 1.13 bits per heavy atom. The number of allylic oxidation sites excluding steroid dienone is 5. The van der Waals surface area contributed by atoms with Gasteiger partial charge < -0.3 is 10.1 Å². The molecule has 194 valence electrons. The van der Waals surface area contributed by atoms with E-state index in [0.29, 0.717) is 22.5 Å². The van der Waals surface area contributed by atoms with Crippen LogP contribution in [0.5, 0.6) is 0 Å². The van der Waals surface area contributed by atoms with Crippen LogP contribution in [0.3, 0.4) is 0 Å². The van der Waals surface area contributed by atoms with Crippen LogP contribution in [0.2, 0.25) is 5.02 Å². The summed E-state index contributed by atoms with van der Waals surface area (Å²) in [6.07, 6.45) is 8.04. The number of nitrogens with zero attached hydrogens (tertiary/aromatic N) is 5. The van der Waals surface area contributed by atoms with Gasteiger partial charge in [0.25, 0.3) is 0 Å². The zero-order valence-corrected chi connectivity index (χ0v) is 21.9. The number of tetrazole rings is 1. The molecule has 39 heavy (non-hydrogen) atoms. The molecule has 2 N–H and O–H groups in total. The first-order valence-corrected chi connectivity index (χ1v) is 12.6. The normalized spacial score (nSPS) is 13.0. The molecule has 2 aromatic heterocycles. The lowest BCUT2D eigenvalue weighted by molar-refractivity contribution is 0.0697. The molecule has 0 bridgehead atoms. The quantitative estimate of drug-likeness (QED) is 0.210. The fraction of sp³-hybridized carbons (Fsp3) is 0.100. The molecule has 0 aliphatic carbocycles. The number of rotatable bonds is 9. The van der Waals surface area contributed by atoms with E-state index in [2.05, 4.69) is 46.1 Å². The van der Waals surface area contributed by atoms with Gasteiger partial charge in [-0.1, -0.05) is 72.3 Å². The number of halogens is 1. The first kappa shape index (κ1) is 25.8. The number of aromatic nitrogens is 6. The van der Waals surface area contributed by atoms with E-state index >= 15 is 0 Å². The lowest BCUT2D eigenvalue weighted by Crippen LogP contribution is -2.07. The minimum atomic E-state index is -0.978. The van der Waals surface area contributed by atoms with E-state index in [0.717, 1.165) is 33.8 Å². The zero-order chi connectivity index (χ0) is 27.4. The molecule has 2 heterocycles. The SMILES string of the molecule is C=C/C(=C\C=C(/C)[C@H](Cc1ccccc1)c1nc2ccc(C(=O)O)cc2[nH]1)c1cc(Cl)ccc1-n1cnnn1. The van der Waals surface area contributed by atoms with Crippen LogP contribution in [0.1, 0.15) is 40.2 Å². The van der Waals surface area contributed by atoms with E-state index in [-0.39, 0.29) is 11.5 Å². The summed E-state index contributed by atoms with van der Waals surface area (Å²) in [5, 5.41) is 21.5. The Kier molecular flexibility index (Phi) is 7.47. The van der Waals surface area contributed by atoms with Gasteiger partial charge in [-0.2, -0.15) is 4.68 Å². The Morgan fingerprint density at radius 3 is 2.67 bits per heavy atom. The summed E-state index contributed by atoms with van der Waals surface area (Å²) in [6.45, 7) is 6.08. The highest BCUT2D eigenvalue weighted by atomic mass is 35.5. The van der Waals surface area contributed by atoms with Crippen molar-refractivity contribution < 1.29 is 9.90 Å². The van der Waals surface area contributed by atoms with E-state index < -0.39 is 5.97 Å². The summed E-state index contributed by atoms with van der Waals surface area (Å²) >= 11 is 6.35. The Hall–Kier alpha value is -4.82. The molecule has 5 aromatic rings. The number of H-pyrrole nitrogens is 1. The van der Waals surface area contributed by atoms with E-state index in [4.69, 9.17) is 16.6 Å². The van der Waals surface area contributed by atoms with Crippen molar-refractivity contribution in [3.63, 3.8) is 0 Å². The van der Waals surface area contributed by atoms with Gasteiger partial charge in [0.1, 0.15) is 12.2 Å². The number of nitrogens with one attached hydrogen (secondary N) is 1. The number of aromatic carboxylic acids is 1. The van der Waals surface area contributed by atoms with Crippen molar-refractivity contribution in [3.05, 3.63) is 131 Å². The van der Waals surface area contributed by atoms with E-state index in [1.165, 1.54) is 6.33 Å². The number of carbonyl (C=O) groups is 1. The van der Waals surface area contributed by atoms with Crippen molar-refractivity contribution in [1.29, 1.82) is 0 Å². The fourth-order valence-electron chi connectivity index (χ4n) is 4.47. The second kappa shape index (κ2) is 11.3. The van der Waals surface area contributed by atoms with Crippen molar-refractivity contribution in [2.75, 3.05) is 0 Å². The third kappa shape index (κ3) is 5.71. The monoisotopic (exact) mass is 536 g/mol. The highest BCUT2D eigenvalue weighted by molar-refractivity contribution is 6.30. The minimum absolute atomic E-state index is 0.0891. The maximum atomic E-state index is 11.5. The molecular weight excluding hydrogens is 512 g/mol. The van der Waals surface area contributed by atoms with Gasteiger partial charge in [-0.25, -0.2) is 9.78 Å². The summed E-state index contributed by atoms with van der Waals surface area (Å²) in [5.74, 6) is -0.307. The summed E-state index contributed by atoms with van der Waals surface area (Å²) in [7, 11) is 0. The van der Waals surface area contributed by atoms with Gasteiger partial charge >= 0.3 is 5.97 Å². The van der Waals surface area contributed by atoms with Crippen molar-refractivity contribution in [2.45, 2.75) is 19.3 Å². The fourth-order valence-corrected chi connectivity index (χ4v) is 4.64. The van der Waals surface area contributed by atoms with Crippen LogP contribution in [0, 0.1) is 0 Å². The van der Waals surface area contributed by atoms with Crippen molar-refractivity contribution in [1.82, 2.24) is 30.2 Å². The predicted molar refractivity (Wildman–Crippen MR) is 152 cm³/mol. The summed E-state index contributed by atoms with van der Waals surface area (Å²) < 4.78 is 1.58. The van der Waals surface area contributed by atoms with Gasteiger partial charge in [-0.15, -0.1) is 5.10 Å². The average molecular weight is 537 g/mol. The Bertz CT molecular complexity index is 1700. The first-order chi connectivity index (χ1) is 18.9. The molecule has 5 rings (SSSR count). The Labute approximate surface area is 230 Å². The van der Waals surface area contributed by atoms with Crippen molar-refractivity contribution >= 4 is 34.2 Å². The number of hydrogen-bond acceptors (Lipinski definition) is 5. The number of carboxylic acids is 1. The number of carboxylic acid groups (broad SMARTS) is 1. The number of hydrogen-bond donors (Lipinski definition) is 2. The van der Waals surface area contributed by atoms with Crippen LogP contribution in [-0.4, -0.2) is 41.3 Å². The van der Waals surface area contributed by atoms with Crippen molar-refractivity contribution in [3.8, 4) is 5.69 Å². The van der Waals surface area contributed by atoms with Crippen LogP contribution in [-0.2, 0) is 6.42 Å². The second-order valence-corrected chi connectivity index (χ2v) is 9.49. The molecule has 1 atom stereocenters. The molecular formula is C30H25ClN6O2. The van der Waals surface area contributed by atoms with Crippen LogP contribution >= 0.6 is 11.6 Å². The molecule has 0 aliphatic heterocycles. The third-order valence-electron chi connectivity index (χ3n) is 6.52. The highest BCUT2D eigenvalue weighted by Gasteiger charge is 2.19. The molecule has 0 saturated heterocycles. The smallest absolute Gasteiger partial charge is 0.335 e. The van der Waals surface area contributed by atoms with Crippen LogP contribution in [0.4, 0.5) is 0 Å². The van der Waals surface area contributed by atoms with Gasteiger partial charge in [0, 0.05) is 16.5 Å². The third-order valence-corrected chi connectivity index (χ3v) is 6.76. The number of fused-ring (bicyclic) bond motifs is 1. The number of imidazole rings is 1. The maximum absolute atomic E-state index is 11.5. The molecule has 0 saturated carbocycles. The molecule has 9 heteroatoms. The maximum Gasteiger partial charge on any atom is 0.335 e. The van der Waals surface area contributed by atoms with E-state index in [9.17, 15) is 9.90 Å². The molecule has 0 unspecified atom stereocenters. The Balaban J connectivity index is 1.56. The topological polar surface area (TPSA) is 110 Å². The predicted octanol–water partition coefficient (Wildman–Crippen LogP) is 6.43. The summed E-state index contributed by atoms with van der Waals surface area (Å²) in [5.41, 5.74) is 6.27. The molecule has 0 fully saturated rings. The van der Waals surface area contributed by atoms with E-state index in [1.807, 2.05) is 42.5 Å². The van der Waals surface area contributed by atoms with Gasteiger partial charge in [-0.3, -0.25) is 0 Å².